The predicted molar refractivity (Wildman–Crippen MR) is 83.5 cm³/mol. The summed E-state index contributed by atoms with van der Waals surface area (Å²) in [6.07, 6.45) is 3.49. The smallest absolute Gasteiger partial charge is 0.122 e. The monoisotopic (exact) mass is 283 g/mol. The molecule has 1 aromatic rings. The van der Waals surface area contributed by atoms with Crippen molar-refractivity contribution in [2.24, 2.45) is 5.41 Å². The van der Waals surface area contributed by atoms with Crippen LogP contribution in [0.2, 0.25) is 0 Å². The molecule has 0 spiro atoms. The van der Waals surface area contributed by atoms with Gasteiger partial charge in [-0.15, -0.1) is 12.4 Å². The van der Waals surface area contributed by atoms with E-state index in [-0.39, 0.29) is 12.4 Å². The van der Waals surface area contributed by atoms with Gasteiger partial charge >= 0.3 is 0 Å². The average molecular weight is 284 g/mol. The van der Waals surface area contributed by atoms with E-state index in [9.17, 15) is 0 Å². The Morgan fingerprint density at radius 1 is 1.32 bits per heavy atom. The molecule has 108 valence electrons. The van der Waals surface area contributed by atoms with E-state index < -0.39 is 0 Å². The maximum absolute atomic E-state index is 5.48. The summed E-state index contributed by atoms with van der Waals surface area (Å²) in [6.45, 7) is 7.90. The van der Waals surface area contributed by atoms with Gasteiger partial charge in [-0.05, 0) is 41.9 Å². The van der Waals surface area contributed by atoms with E-state index in [0.29, 0.717) is 11.5 Å². The van der Waals surface area contributed by atoms with E-state index in [2.05, 4.69) is 44.3 Å². The quantitative estimate of drug-likeness (QED) is 0.915. The van der Waals surface area contributed by atoms with Gasteiger partial charge in [-0.25, -0.2) is 0 Å². The molecule has 0 saturated heterocycles. The fraction of sp³-hybridized carbons (Fsp3) is 0.625. The van der Waals surface area contributed by atoms with Crippen molar-refractivity contribution in [2.45, 2.75) is 46.1 Å². The van der Waals surface area contributed by atoms with Crippen molar-refractivity contribution in [3.8, 4) is 5.75 Å². The van der Waals surface area contributed by atoms with Crippen molar-refractivity contribution < 1.29 is 4.74 Å². The molecule has 0 bridgehead atoms. The molecule has 0 heterocycles. The number of nitrogens with one attached hydrogen (secondary N) is 1. The van der Waals surface area contributed by atoms with Gasteiger partial charge in [-0.1, -0.05) is 32.9 Å². The van der Waals surface area contributed by atoms with Gasteiger partial charge in [0.25, 0.3) is 0 Å². The molecule has 19 heavy (non-hydrogen) atoms. The summed E-state index contributed by atoms with van der Waals surface area (Å²) in [5.74, 6) is 1.05. The normalized spacial score (nSPS) is 18.4. The van der Waals surface area contributed by atoms with Gasteiger partial charge in [0.2, 0.25) is 0 Å². The van der Waals surface area contributed by atoms with E-state index in [0.717, 1.165) is 25.1 Å². The molecule has 1 unspecified atom stereocenters. The Labute approximate surface area is 123 Å². The van der Waals surface area contributed by atoms with Crippen LogP contribution in [0.15, 0.2) is 18.2 Å². The van der Waals surface area contributed by atoms with Crippen LogP contribution in [0.1, 0.15) is 38.3 Å². The van der Waals surface area contributed by atoms with E-state index >= 15 is 0 Å². The summed E-state index contributed by atoms with van der Waals surface area (Å²) in [7, 11) is 1.77. The Morgan fingerprint density at radius 2 is 2.05 bits per heavy atom. The molecule has 1 aromatic carbocycles. The average Bonchev–Trinajstić information content (AvgIpc) is 2.34. The Bertz CT molecular complexity index is 397. The lowest BCUT2D eigenvalue weighted by Crippen LogP contribution is -2.39. The second-order valence-electron chi connectivity index (χ2n) is 6.48. The van der Waals surface area contributed by atoms with Crippen LogP contribution in [0.4, 0.5) is 0 Å². The minimum Gasteiger partial charge on any atom is -0.496 e. The number of halogens is 1. The summed E-state index contributed by atoms with van der Waals surface area (Å²) in [5, 5.41) is 3.70. The molecular weight excluding hydrogens is 258 g/mol. The first kappa shape index (κ1) is 16.3. The number of hydrogen-bond donors (Lipinski definition) is 1. The first-order valence-corrected chi connectivity index (χ1v) is 6.88. The lowest BCUT2D eigenvalue weighted by molar-refractivity contribution is 0.332. The molecule has 1 atom stereocenters. The fourth-order valence-electron chi connectivity index (χ4n) is 2.57. The first-order chi connectivity index (χ1) is 8.49. The maximum atomic E-state index is 5.48. The third-order valence-corrected chi connectivity index (χ3v) is 3.58. The molecule has 1 aliphatic carbocycles. The standard InChI is InChI=1S/C16H25NO.ClH/c1-16(2,3)11-17-13-9-8-12-6-5-7-15(18-4)14(12)10-13;/h5-7,13,17H,8-11H2,1-4H3;1H. The van der Waals surface area contributed by atoms with Gasteiger partial charge in [0.15, 0.2) is 0 Å². The molecule has 0 aliphatic heterocycles. The van der Waals surface area contributed by atoms with Crippen molar-refractivity contribution >= 4 is 12.4 Å². The summed E-state index contributed by atoms with van der Waals surface area (Å²) in [6, 6.07) is 7.00. The number of benzene rings is 1. The third kappa shape index (κ3) is 4.39. The van der Waals surface area contributed by atoms with Crippen LogP contribution in [0, 0.1) is 5.41 Å². The Hall–Kier alpha value is -0.730. The predicted octanol–water partition coefficient (Wildman–Crippen LogP) is 3.61. The zero-order chi connectivity index (χ0) is 13.2. The van der Waals surface area contributed by atoms with E-state index in [1.807, 2.05) is 0 Å². The van der Waals surface area contributed by atoms with Crippen LogP contribution in [0.5, 0.6) is 5.75 Å². The van der Waals surface area contributed by atoms with Gasteiger partial charge in [-0.2, -0.15) is 0 Å². The molecule has 2 nitrogen and oxygen atoms in total. The van der Waals surface area contributed by atoms with Crippen molar-refractivity contribution in [1.82, 2.24) is 5.32 Å². The number of methoxy groups -OCH3 is 1. The molecule has 0 amide bonds. The van der Waals surface area contributed by atoms with Crippen molar-refractivity contribution in [2.75, 3.05) is 13.7 Å². The maximum Gasteiger partial charge on any atom is 0.122 e. The van der Waals surface area contributed by atoms with E-state index in [1.165, 1.54) is 17.5 Å². The summed E-state index contributed by atoms with van der Waals surface area (Å²) < 4.78 is 5.48. The fourth-order valence-corrected chi connectivity index (χ4v) is 2.57. The highest BCUT2D eigenvalue weighted by Crippen LogP contribution is 2.29. The number of hydrogen-bond acceptors (Lipinski definition) is 2. The van der Waals surface area contributed by atoms with Crippen molar-refractivity contribution in [3.63, 3.8) is 0 Å². The van der Waals surface area contributed by atoms with Gasteiger partial charge in [0, 0.05) is 12.6 Å². The first-order valence-electron chi connectivity index (χ1n) is 6.88. The summed E-state index contributed by atoms with van der Waals surface area (Å²) in [4.78, 5) is 0. The topological polar surface area (TPSA) is 21.3 Å². The highest BCUT2D eigenvalue weighted by molar-refractivity contribution is 5.85. The summed E-state index contributed by atoms with van der Waals surface area (Å²) >= 11 is 0. The molecular formula is C16H26ClNO. The molecule has 0 saturated carbocycles. The largest absolute Gasteiger partial charge is 0.496 e. The third-order valence-electron chi connectivity index (χ3n) is 3.58. The Morgan fingerprint density at radius 3 is 2.68 bits per heavy atom. The number of rotatable bonds is 3. The van der Waals surface area contributed by atoms with Crippen LogP contribution in [0.25, 0.3) is 0 Å². The van der Waals surface area contributed by atoms with Crippen LogP contribution in [-0.4, -0.2) is 19.7 Å². The molecule has 0 fully saturated rings. The minimum atomic E-state index is 0. The molecule has 2 rings (SSSR count). The molecule has 1 N–H and O–H groups in total. The van der Waals surface area contributed by atoms with Crippen molar-refractivity contribution in [1.29, 1.82) is 0 Å². The molecule has 0 aromatic heterocycles. The minimum absolute atomic E-state index is 0. The zero-order valence-electron chi connectivity index (χ0n) is 12.5. The number of aryl methyl sites for hydroxylation is 1. The SMILES string of the molecule is COc1cccc2c1CC(NCC(C)(C)C)CC2.Cl. The zero-order valence-corrected chi connectivity index (χ0v) is 13.3. The van der Waals surface area contributed by atoms with Gasteiger partial charge in [0.05, 0.1) is 7.11 Å². The highest BCUT2D eigenvalue weighted by atomic mass is 35.5. The van der Waals surface area contributed by atoms with Crippen molar-refractivity contribution in [3.05, 3.63) is 29.3 Å². The lowest BCUT2D eigenvalue weighted by atomic mass is 9.86. The van der Waals surface area contributed by atoms with Gasteiger partial charge < -0.3 is 10.1 Å². The van der Waals surface area contributed by atoms with Crippen LogP contribution in [0.3, 0.4) is 0 Å². The van der Waals surface area contributed by atoms with Crippen LogP contribution in [-0.2, 0) is 12.8 Å². The van der Waals surface area contributed by atoms with Crippen LogP contribution < -0.4 is 10.1 Å². The highest BCUT2D eigenvalue weighted by Gasteiger charge is 2.22. The second kappa shape index (κ2) is 6.62. The Balaban J connectivity index is 0.00000180. The summed E-state index contributed by atoms with van der Waals surface area (Å²) in [5.41, 5.74) is 3.21. The molecule has 0 radical (unpaired) electrons. The molecule has 3 heteroatoms. The van der Waals surface area contributed by atoms with E-state index in [4.69, 9.17) is 4.74 Å². The number of fused-ring (bicyclic) bond motifs is 1. The second-order valence-corrected chi connectivity index (χ2v) is 6.48. The number of ether oxygens (including phenoxy) is 1. The van der Waals surface area contributed by atoms with Gasteiger partial charge in [0.1, 0.15) is 5.75 Å². The van der Waals surface area contributed by atoms with Crippen LogP contribution >= 0.6 is 12.4 Å². The molecule has 1 aliphatic rings. The van der Waals surface area contributed by atoms with E-state index in [1.54, 1.807) is 7.11 Å². The lowest BCUT2D eigenvalue weighted by Gasteiger charge is -2.29. The van der Waals surface area contributed by atoms with Gasteiger partial charge in [-0.3, -0.25) is 0 Å². The Kier molecular flexibility index (Phi) is 5.69.